The first-order valence-corrected chi connectivity index (χ1v) is 13.6. The van der Waals surface area contributed by atoms with Crippen LogP contribution in [0.4, 0.5) is 0 Å². The third-order valence-corrected chi connectivity index (χ3v) is 7.91. The predicted octanol–water partition coefficient (Wildman–Crippen LogP) is 4.35. The van der Waals surface area contributed by atoms with Crippen LogP contribution >= 0.6 is 0 Å². The highest BCUT2D eigenvalue weighted by Gasteiger charge is 2.54. The number of likely N-dealkylation sites (tertiary alicyclic amines) is 1. The summed E-state index contributed by atoms with van der Waals surface area (Å²) in [6.07, 6.45) is 0.815. The Hall–Kier alpha value is -4.17. The summed E-state index contributed by atoms with van der Waals surface area (Å²) >= 11 is 0. The van der Waals surface area contributed by atoms with Crippen molar-refractivity contribution < 1.29 is 23.9 Å². The lowest BCUT2D eigenvalue weighted by Gasteiger charge is -2.44. The van der Waals surface area contributed by atoms with Crippen LogP contribution in [0.25, 0.3) is 0 Å². The van der Waals surface area contributed by atoms with E-state index in [-0.39, 0.29) is 30.4 Å². The molecule has 208 valence electrons. The molecule has 0 saturated carbocycles. The molecular formula is C32H35N3O5. The molecule has 2 fully saturated rings. The van der Waals surface area contributed by atoms with Gasteiger partial charge in [0.15, 0.2) is 0 Å². The first-order chi connectivity index (χ1) is 19.3. The molecule has 0 aliphatic carbocycles. The van der Waals surface area contributed by atoms with Crippen molar-refractivity contribution in [2.24, 2.45) is 0 Å². The van der Waals surface area contributed by atoms with Crippen molar-refractivity contribution in [1.29, 1.82) is 0 Å². The molecule has 2 atom stereocenters. The molecule has 8 nitrogen and oxygen atoms in total. The van der Waals surface area contributed by atoms with Gasteiger partial charge in [-0.1, -0.05) is 48.0 Å². The molecule has 3 amide bonds. The van der Waals surface area contributed by atoms with E-state index >= 15 is 0 Å². The molecule has 8 heteroatoms. The number of aryl methyl sites for hydroxylation is 1. The summed E-state index contributed by atoms with van der Waals surface area (Å²) in [5.41, 5.74) is 2.15. The maximum atomic E-state index is 14.0. The fourth-order valence-electron chi connectivity index (χ4n) is 5.51. The van der Waals surface area contributed by atoms with E-state index in [2.05, 4.69) is 5.32 Å². The predicted molar refractivity (Wildman–Crippen MR) is 151 cm³/mol. The Labute approximate surface area is 234 Å². The highest BCUT2D eigenvalue weighted by atomic mass is 16.5. The largest absolute Gasteiger partial charge is 0.497 e. The Morgan fingerprint density at radius 3 is 2.12 bits per heavy atom. The van der Waals surface area contributed by atoms with Gasteiger partial charge in [0, 0.05) is 37.1 Å². The van der Waals surface area contributed by atoms with Gasteiger partial charge >= 0.3 is 0 Å². The molecule has 0 aromatic heterocycles. The molecular weight excluding hydrogens is 506 g/mol. The molecule has 5 rings (SSSR count). The summed E-state index contributed by atoms with van der Waals surface area (Å²) in [5.74, 6) is 0.0314. The quantitative estimate of drug-likeness (QED) is 0.501. The Morgan fingerprint density at radius 2 is 1.50 bits per heavy atom. The molecule has 0 bridgehead atoms. The van der Waals surface area contributed by atoms with Gasteiger partial charge in [-0.15, -0.1) is 0 Å². The number of hydrogen-bond donors (Lipinski definition) is 1. The lowest BCUT2D eigenvalue weighted by Crippen LogP contribution is -2.60. The van der Waals surface area contributed by atoms with E-state index in [9.17, 15) is 14.4 Å². The van der Waals surface area contributed by atoms with Gasteiger partial charge in [0.05, 0.1) is 19.8 Å². The van der Waals surface area contributed by atoms with E-state index in [1.807, 2.05) is 68.4 Å². The van der Waals surface area contributed by atoms with Crippen LogP contribution < -0.4 is 10.1 Å². The van der Waals surface area contributed by atoms with E-state index in [1.54, 1.807) is 41.2 Å². The molecule has 3 aromatic rings. The number of rotatable bonds is 6. The minimum atomic E-state index is -0.987. The number of methoxy groups -OCH3 is 1. The van der Waals surface area contributed by atoms with Crippen molar-refractivity contribution in [2.45, 2.75) is 44.5 Å². The van der Waals surface area contributed by atoms with Gasteiger partial charge in [-0.2, -0.15) is 0 Å². The van der Waals surface area contributed by atoms with Gasteiger partial charge in [0.25, 0.3) is 11.8 Å². The number of carbonyl (C=O) groups excluding carboxylic acids is 3. The molecule has 2 aliphatic heterocycles. The van der Waals surface area contributed by atoms with Crippen LogP contribution in [0.3, 0.4) is 0 Å². The van der Waals surface area contributed by atoms with E-state index < -0.39 is 11.8 Å². The number of hydrogen-bond acceptors (Lipinski definition) is 5. The second-order valence-electron chi connectivity index (χ2n) is 10.5. The lowest BCUT2D eigenvalue weighted by atomic mass is 9.96. The van der Waals surface area contributed by atoms with Gasteiger partial charge in [-0.3, -0.25) is 19.3 Å². The highest BCUT2D eigenvalue weighted by molar-refractivity contribution is 5.99. The average molecular weight is 542 g/mol. The summed E-state index contributed by atoms with van der Waals surface area (Å²) in [7, 11) is 1.57. The number of piperidine rings is 1. The summed E-state index contributed by atoms with van der Waals surface area (Å²) in [4.78, 5) is 44.2. The zero-order valence-electron chi connectivity index (χ0n) is 23.1. The Bertz CT molecular complexity index is 1350. The molecule has 2 unspecified atom stereocenters. The summed E-state index contributed by atoms with van der Waals surface area (Å²) < 4.78 is 11.6. The van der Waals surface area contributed by atoms with Crippen molar-refractivity contribution in [3.05, 3.63) is 101 Å². The van der Waals surface area contributed by atoms with Crippen LogP contribution in [0, 0.1) is 6.92 Å². The smallest absolute Gasteiger partial charge is 0.256 e. The second-order valence-corrected chi connectivity index (χ2v) is 10.5. The summed E-state index contributed by atoms with van der Waals surface area (Å²) in [5, 5.41) is 3.07. The molecule has 2 heterocycles. The van der Waals surface area contributed by atoms with E-state index in [4.69, 9.17) is 9.47 Å². The molecule has 0 radical (unpaired) electrons. The molecule has 2 aliphatic rings. The SMILES string of the molecule is COc1ccc(C(=O)N2C(C(=O)NC(C)c3ccccc3)COC23CCN(C(=O)c2ccc(C)cc2)CC3)cc1. The van der Waals surface area contributed by atoms with Gasteiger partial charge in [-0.05, 0) is 55.8 Å². The number of benzene rings is 3. The minimum absolute atomic E-state index is 0.0492. The summed E-state index contributed by atoms with van der Waals surface area (Å²) in [6, 6.07) is 23.0. The van der Waals surface area contributed by atoms with E-state index in [0.29, 0.717) is 42.8 Å². The van der Waals surface area contributed by atoms with E-state index in [1.165, 1.54) is 0 Å². The number of nitrogens with one attached hydrogen (secondary N) is 1. The first-order valence-electron chi connectivity index (χ1n) is 13.6. The van der Waals surface area contributed by atoms with Crippen molar-refractivity contribution in [1.82, 2.24) is 15.1 Å². The topological polar surface area (TPSA) is 88.2 Å². The number of ether oxygens (including phenoxy) is 2. The highest BCUT2D eigenvalue weighted by Crippen LogP contribution is 2.39. The monoisotopic (exact) mass is 541 g/mol. The third-order valence-electron chi connectivity index (χ3n) is 7.91. The Kier molecular flexibility index (Phi) is 7.89. The molecule has 2 saturated heterocycles. The number of carbonyl (C=O) groups is 3. The van der Waals surface area contributed by atoms with E-state index in [0.717, 1.165) is 11.1 Å². The second kappa shape index (κ2) is 11.5. The van der Waals surface area contributed by atoms with Gasteiger partial charge < -0.3 is 19.7 Å². The molecule has 3 aromatic carbocycles. The Balaban J connectivity index is 1.38. The molecule has 1 N–H and O–H groups in total. The van der Waals surface area contributed by atoms with Crippen molar-refractivity contribution in [3.8, 4) is 5.75 Å². The lowest BCUT2D eigenvalue weighted by molar-refractivity contribution is -0.128. The molecule has 1 spiro atoms. The maximum absolute atomic E-state index is 14.0. The van der Waals surface area contributed by atoms with Crippen molar-refractivity contribution in [3.63, 3.8) is 0 Å². The normalized spacial score (nSPS) is 18.8. The fraction of sp³-hybridized carbons (Fsp3) is 0.344. The van der Waals surface area contributed by atoms with Crippen LogP contribution in [-0.4, -0.2) is 66.1 Å². The van der Waals surface area contributed by atoms with Gasteiger partial charge in [-0.25, -0.2) is 0 Å². The van der Waals surface area contributed by atoms with Crippen LogP contribution in [0.2, 0.25) is 0 Å². The standard InChI is InChI=1S/C32H35N3O5/c1-22-9-11-25(12-10-22)30(37)34-19-17-32(18-20-34)35(31(38)26-13-15-27(39-3)16-14-26)28(21-40-32)29(36)33-23(2)24-7-5-4-6-8-24/h4-16,23,28H,17-21H2,1-3H3,(H,33,36). The Morgan fingerprint density at radius 1 is 0.900 bits per heavy atom. The van der Waals surface area contributed by atoms with Gasteiger partial charge in [0.2, 0.25) is 5.91 Å². The maximum Gasteiger partial charge on any atom is 0.256 e. The van der Waals surface area contributed by atoms with Gasteiger partial charge in [0.1, 0.15) is 17.5 Å². The van der Waals surface area contributed by atoms with Crippen LogP contribution in [0.1, 0.15) is 57.7 Å². The first kappa shape index (κ1) is 27.4. The third kappa shape index (κ3) is 5.45. The van der Waals surface area contributed by atoms with Crippen molar-refractivity contribution >= 4 is 17.7 Å². The molecule has 40 heavy (non-hydrogen) atoms. The zero-order chi connectivity index (χ0) is 28.3. The van der Waals surface area contributed by atoms with Crippen molar-refractivity contribution in [2.75, 3.05) is 26.8 Å². The zero-order valence-corrected chi connectivity index (χ0v) is 23.1. The number of amides is 3. The average Bonchev–Trinajstić information content (AvgIpc) is 3.36. The van der Waals surface area contributed by atoms with Crippen LogP contribution in [0.5, 0.6) is 5.75 Å². The van der Waals surface area contributed by atoms with Crippen LogP contribution in [0.15, 0.2) is 78.9 Å². The van der Waals surface area contributed by atoms with Crippen LogP contribution in [-0.2, 0) is 9.53 Å². The summed E-state index contributed by atoms with van der Waals surface area (Å²) in [6.45, 7) is 4.81. The minimum Gasteiger partial charge on any atom is -0.497 e. The fourth-order valence-corrected chi connectivity index (χ4v) is 5.51. The number of nitrogens with zero attached hydrogens (tertiary/aromatic N) is 2.